The molecule has 1 aromatic carbocycles. The van der Waals surface area contributed by atoms with Crippen LogP contribution in [0.1, 0.15) is 44.2 Å². The minimum atomic E-state index is 0.572. The molecule has 0 N–H and O–H groups in total. The summed E-state index contributed by atoms with van der Waals surface area (Å²) in [5.41, 5.74) is 2.17. The van der Waals surface area contributed by atoms with Gasteiger partial charge >= 0.3 is 0 Å². The molecule has 0 aromatic heterocycles. The molecule has 0 heterocycles. The largest absolute Gasteiger partial charge is 0.492 e. The van der Waals surface area contributed by atoms with Gasteiger partial charge in [0.2, 0.25) is 0 Å². The third-order valence-corrected chi connectivity index (χ3v) is 3.40. The van der Waals surface area contributed by atoms with E-state index in [9.17, 15) is 0 Å². The fourth-order valence-electron chi connectivity index (χ4n) is 1.80. The lowest BCUT2D eigenvalue weighted by atomic mass is 10.1. The standard InChI is InChI=1S/C17H23ClO/c1-4-15(5-2)13-19-17-10-9-14(3)12-16(17)8-6-7-11-18/h9-10,12,15H,4-5,7,11,13H2,1-3H3. The number of rotatable bonds is 6. The van der Waals surface area contributed by atoms with Crippen molar-refractivity contribution in [1.29, 1.82) is 0 Å². The highest BCUT2D eigenvalue weighted by molar-refractivity contribution is 6.18. The topological polar surface area (TPSA) is 9.23 Å². The molecule has 1 aromatic rings. The molecule has 0 radical (unpaired) electrons. The maximum absolute atomic E-state index is 5.93. The molecular formula is C17H23ClO. The Balaban J connectivity index is 2.79. The predicted molar refractivity (Wildman–Crippen MR) is 83.0 cm³/mol. The first-order valence-corrected chi connectivity index (χ1v) is 7.53. The van der Waals surface area contributed by atoms with Crippen molar-refractivity contribution in [2.45, 2.75) is 40.0 Å². The number of hydrogen-bond donors (Lipinski definition) is 0. The molecule has 0 bridgehead atoms. The second-order valence-corrected chi connectivity index (χ2v) is 5.11. The summed E-state index contributed by atoms with van der Waals surface area (Å²) in [6, 6.07) is 6.15. The highest BCUT2D eigenvalue weighted by Gasteiger charge is 2.07. The number of ether oxygens (including phenoxy) is 1. The fraction of sp³-hybridized carbons (Fsp3) is 0.529. The van der Waals surface area contributed by atoms with E-state index in [0.717, 1.165) is 30.8 Å². The van der Waals surface area contributed by atoms with Crippen LogP contribution in [-0.2, 0) is 0 Å². The lowest BCUT2D eigenvalue weighted by Crippen LogP contribution is -2.10. The first kappa shape index (κ1) is 15.9. The van der Waals surface area contributed by atoms with Crippen LogP contribution in [0.3, 0.4) is 0 Å². The molecule has 0 aliphatic heterocycles. The zero-order valence-corrected chi connectivity index (χ0v) is 12.9. The van der Waals surface area contributed by atoms with E-state index in [1.54, 1.807) is 0 Å². The molecule has 2 heteroatoms. The molecule has 0 spiro atoms. The van der Waals surface area contributed by atoms with E-state index in [0.29, 0.717) is 18.2 Å². The summed E-state index contributed by atoms with van der Waals surface area (Å²) in [6.45, 7) is 7.24. The van der Waals surface area contributed by atoms with Gasteiger partial charge in [-0.3, -0.25) is 0 Å². The van der Waals surface area contributed by atoms with Gasteiger partial charge in [-0.25, -0.2) is 0 Å². The predicted octanol–water partition coefficient (Wildman–Crippen LogP) is 4.79. The highest BCUT2D eigenvalue weighted by atomic mass is 35.5. The Hall–Kier alpha value is -1.13. The SMILES string of the molecule is CCC(CC)COc1ccc(C)cc1C#CCCCl. The van der Waals surface area contributed by atoms with E-state index >= 15 is 0 Å². The van der Waals surface area contributed by atoms with Crippen LogP contribution in [0.15, 0.2) is 18.2 Å². The van der Waals surface area contributed by atoms with Gasteiger partial charge in [-0.1, -0.05) is 44.6 Å². The Morgan fingerprint density at radius 1 is 1.26 bits per heavy atom. The van der Waals surface area contributed by atoms with E-state index in [1.165, 1.54) is 5.56 Å². The lowest BCUT2D eigenvalue weighted by Gasteiger charge is -2.15. The minimum Gasteiger partial charge on any atom is -0.492 e. The first-order chi connectivity index (χ1) is 9.21. The number of alkyl halides is 1. The van der Waals surface area contributed by atoms with E-state index in [1.807, 2.05) is 6.07 Å². The molecule has 0 unspecified atom stereocenters. The van der Waals surface area contributed by atoms with Crippen molar-refractivity contribution < 1.29 is 4.74 Å². The Bertz CT molecular complexity index is 438. The van der Waals surface area contributed by atoms with E-state index in [2.05, 4.69) is 44.7 Å². The van der Waals surface area contributed by atoms with E-state index in [4.69, 9.17) is 16.3 Å². The highest BCUT2D eigenvalue weighted by Crippen LogP contribution is 2.21. The summed E-state index contributed by atoms with van der Waals surface area (Å²) in [7, 11) is 0. The second kappa shape index (κ2) is 8.88. The summed E-state index contributed by atoms with van der Waals surface area (Å²) in [5, 5.41) is 0. The zero-order chi connectivity index (χ0) is 14.1. The summed E-state index contributed by atoms with van der Waals surface area (Å²) in [4.78, 5) is 0. The van der Waals surface area contributed by atoms with E-state index < -0.39 is 0 Å². The molecule has 104 valence electrons. The van der Waals surface area contributed by atoms with Gasteiger partial charge in [-0.15, -0.1) is 11.6 Å². The van der Waals surface area contributed by atoms with Crippen molar-refractivity contribution >= 4 is 11.6 Å². The van der Waals surface area contributed by atoms with Crippen molar-refractivity contribution in [2.24, 2.45) is 5.92 Å². The summed E-state index contributed by atoms with van der Waals surface area (Å²) in [5.74, 6) is 8.30. The van der Waals surface area contributed by atoms with Gasteiger partial charge in [-0.2, -0.15) is 0 Å². The van der Waals surface area contributed by atoms with Crippen LogP contribution in [0.2, 0.25) is 0 Å². The van der Waals surface area contributed by atoms with Gasteiger partial charge in [0.15, 0.2) is 0 Å². The molecule has 0 atom stereocenters. The molecule has 0 amide bonds. The second-order valence-electron chi connectivity index (χ2n) is 4.73. The third-order valence-electron chi connectivity index (χ3n) is 3.21. The van der Waals surface area contributed by atoms with Crippen LogP contribution in [0.5, 0.6) is 5.75 Å². The van der Waals surface area contributed by atoms with Gasteiger partial charge in [0.1, 0.15) is 5.75 Å². The minimum absolute atomic E-state index is 0.572. The lowest BCUT2D eigenvalue weighted by molar-refractivity contribution is 0.240. The third kappa shape index (κ3) is 5.57. The molecular weight excluding hydrogens is 256 g/mol. The van der Waals surface area contributed by atoms with Crippen molar-refractivity contribution in [3.05, 3.63) is 29.3 Å². The molecule has 1 rings (SSSR count). The maximum Gasteiger partial charge on any atom is 0.134 e. The van der Waals surface area contributed by atoms with Gasteiger partial charge < -0.3 is 4.74 Å². The molecule has 0 saturated carbocycles. The van der Waals surface area contributed by atoms with Gasteiger partial charge in [0, 0.05) is 12.3 Å². The number of hydrogen-bond acceptors (Lipinski definition) is 1. The van der Waals surface area contributed by atoms with Crippen LogP contribution < -0.4 is 4.74 Å². The van der Waals surface area contributed by atoms with E-state index in [-0.39, 0.29) is 0 Å². The molecule has 0 saturated heterocycles. The first-order valence-electron chi connectivity index (χ1n) is 6.99. The van der Waals surface area contributed by atoms with Crippen LogP contribution in [0, 0.1) is 24.7 Å². The van der Waals surface area contributed by atoms with Crippen LogP contribution in [0.25, 0.3) is 0 Å². The Morgan fingerprint density at radius 3 is 2.63 bits per heavy atom. The van der Waals surface area contributed by atoms with Gasteiger partial charge in [0.05, 0.1) is 12.2 Å². The Labute approximate surface area is 122 Å². The normalized spacial score (nSPS) is 10.2. The van der Waals surface area contributed by atoms with Crippen molar-refractivity contribution in [3.63, 3.8) is 0 Å². The van der Waals surface area contributed by atoms with Gasteiger partial charge in [-0.05, 0) is 30.5 Å². The van der Waals surface area contributed by atoms with Crippen molar-refractivity contribution in [1.82, 2.24) is 0 Å². The average molecular weight is 279 g/mol. The quantitative estimate of drug-likeness (QED) is 0.537. The monoisotopic (exact) mass is 278 g/mol. The number of benzene rings is 1. The number of aryl methyl sites for hydroxylation is 1. The van der Waals surface area contributed by atoms with Crippen molar-refractivity contribution in [2.75, 3.05) is 12.5 Å². The molecule has 0 fully saturated rings. The Kier molecular flexibility index (Phi) is 7.45. The Morgan fingerprint density at radius 2 is 2.00 bits per heavy atom. The smallest absolute Gasteiger partial charge is 0.134 e. The molecule has 0 aliphatic rings. The summed E-state index contributed by atoms with van der Waals surface area (Å²) >= 11 is 5.65. The molecule has 19 heavy (non-hydrogen) atoms. The van der Waals surface area contributed by atoms with Crippen LogP contribution in [-0.4, -0.2) is 12.5 Å². The fourth-order valence-corrected chi connectivity index (χ4v) is 1.90. The maximum atomic E-state index is 5.93. The van der Waals surface area contributed by atoms with Gasteiger partial charge in [0.25, 0.3) is 0 Å². The number of halogens is 1. The zero-order valence-electron chi connectivity index (χ0n) is 12.1. The summed E-state index contributed by atoms with van der Waals surface area (Å²) in [6.07, 6.45) is 3.01. The van der Waals surface area contributed by atoms with Crippen molar-refractivity contribution in [3.8, 4) is 17.6 Å². The van der Waals surface area contributed by atoms with Crippen LogP contribution in [0.4, 0.5) is 0 Å². The molecule has 1 nitrogen and oxygen atoms in total. The van der Waals surface area contributed by atoms with Crippen LogP contribution >= 0.6 is 11.6 Å². The summed E-state index contributed by atoms with van der Waals surface area (Å²) < 4.78 is 5.93. The molecule has 0 aliphatic carbocycles. The average Bonchev–Trinajstić information content (AvgIpc) is 2.42.